The third kappa shape index (κ3) is 7.88. The SMILES string of the molecule is CCNc1cc(NCCCCCCC(C)C)nc(CC)n1. The van der Waals surface area contributed by atoms with Crippen molar-refractivity contribution in [2.24, 2.45) is 5.92 Å². The molecule has 0 aliphatic carbocycles. The van der Waals surface area contributed by atoms with Crippen LogP contribution in [0.3, 0.4) is 0 Å². The van der Waals surface area contributed by atoms with Crippen LogP contribution in [0, 0.1) is 5.92 Å². The molecule has 1 rings (SSSR count). The Bertz CT molecular complexity index is 390. The summed E-state index contributed by atoms with van der Waals surface area (Å²) in [5.74, 6) is 3.60. The Morgan fingerprint density at radius 1 is 0.952 bits per heavy atom. The molecule has 0 saturated carbocycles. The van der Waals surface area contributed by atoms with E-state index in [9.17, 15) is 0 Å². The van der Waals surface area contributed by atoms with Crippen LogP contribution < -0.4 is 10.6 Å². The predicted molar refractivity (Wildman–Crippen MR) is 92.0 cm³/mol. The lowest BCUT2D eigenvalue weighted by Gasteiger charge is -2.10. The Morgan fingerprint density at radius 3 is 2.24 bits per heavy atom. The van der Waals surface area contributed by atoms with Gasteiger partial charge in [-0.15, -0.1) is 0 Å². The number of nitrogens with zero attached hydrogens (tertiary/aromatic N) is 2. The minimum atomic E-state index is 0.834. The molecule has 0 atom stereocenters. The van der Waals surface area contributed by atoms with Gasteiger partial charge in [0.25, 0.3) is 0 Å². The summed E-state index contributed by atoms with van der Waals surface area (Å²) in [4.78, 5) is 8.99. The van der Waals surface area contributed by atoms with Gasteiger partial charge >= 0.3 is 0 Å². The molecular formula is C17H32N4. The van der Waals surface area contributed by atoms with E-state index in [1.165, 1.54) is 32.1 Å². The summed E-state index contributed by atoms with van der Waals surface area (Å²) in [6.45, 7) is 10.6. The topological polar surface area (TPSA) is 49.8 Å². The fourth-order valence-electron chi connectivity index (χ4n) is 2.27. The maximum Gasteiger partial charge on any atom is 0.132 e. The lowest BCUT2D eigenvalue weighted by Crippen LogP contribution is -2.08. The number of aromatic nitrogens is 2. The van der Waals surface area contributed by atoms with E-state index in [2.05, 4.69) is 48.3 Å². The van der Waals surface area contributed by atoms with Crippen LogP contribution in [0.25, 0.3) is 0 Å². The van der Waals surface area contributed by atoms with E-state index in [0.29, 0.717) is 0 Å². The van der Waals surface area contributed by atoms with Crippen LogP contribution in [-0.4, -0.2) is 23.1 Å². The van der Waals surface area contributed by atoms with Crippen molar-refractivity contribution in [2.45, 2.75) is 66.2 Å². The molecule has 0 bridgehead atoms. The number of nitrogens with one attached hydrogen (secondary N) is 2. The molecule has 0 unspecified atom stereocenters. The minimum Gasteiger partial charge on any atom is -0.370 e. The largest absolute Gasteiger partial charge is 0.370 e. The molecule has 0 aliphatic heterocycles. The second-order valence-corrected chi connectivity index (χ2v) is 5.96. The number of rotatable bonds is 11. The van der Waals surface area contributed by atoms with Crippen molar-refractivity contribution in [2.75, 3.05) is 23.7 Å². The van der Waals surface area contributed by atoms with Gasteiger partial charge in [-0.2, -0.15) is 0 Å². The van der Waals surface area contributed by atoms with E-state index in [1.807, 2.05) is 6.07 Å². The van der Waals surface area contributed by atoms with Gasteiger partial charge < -0.3 is 10.6 Å². The number of anilines is 2. The summed E-state index contributed by atoms with van der Waals surface area (Å²) in [6, 6.07) is 2.00. The smallest absolute Gasteiger partial charge is 0.132 e. The van der Waals surface area contributed by atoms with Crippen LogP contribution in [0.4, 0.5) is 11.6 Å². The number of hydrogen-bond acceptors (Lipinski definition) is 4. The maximum atomic E-state index is 4.53. The average molecular weight is 292 g/mol. The van der Waals surface area contributed by atoms with Crippen molar-refractivity contribution in [3.63, 3.8) is 0 Å². The van der Waals surface area contributed by atoms with Gasteiger partial charge in [-0.05, 0) is 19.3 Å². The van der Waals surface area contributed by atoms with Crippen molar-refractivity contribution in [3.05, 3.63) is 11.9 Å². The summed E-state index contributed by atoms with van der Waals surface area (Å²) in [5, 5.41) is 6.69. The van der Waals surface area contributed by atoms with Crippen LogP contribution in [0.2, 0.25) is 0 Å². The molecular weight excluding hydrogens is 260 g/mol. The van der Waals surface area contributed by atoms with Gasteiger partial charge in [0.15, 0.2) is 0 Å². The van der Waals surface area contributed by atoms with E-state index in [0.717, 1.165) is 42.9 Å². The second-order valence-electron chi connectivity index (χ2n) is 5.96. The average Bonchev–Trinajstić information content (AvgIpc) is 2.46. The molecule has 0 radical (unpaired) electrons. The molecule has 4 nitrogen and oxygen atoms in total. The Balaban J connectivity index is 2.29. The van der Waals surface area contributed by atoms with Gasteiger partial charge in [0.05, 0.1) is 0 Å². The van der Waals surface area contributed by atoms with Crippen molar-refractivity contribution in [3.8, 4) is 0 Å². The maximum absolute atomic E-state index is 4.53. The first-order valence-electron chi connectivity index (χ1n) is 8.51. The highest BCUT2D eigenvalue weighted by atomic mass is 15.1. The molecule has 1 aromatic rings. The fraction of sp³-hybridized carbons (Fsp3) is 0.765. The van der Waals surface area contributed by atoms with Gasteiger partial charge in [0, 0.05) is 25.6 Å². The normalized spacial score (nSPS) is 10.9. The van der Waals surface area contributed by atoms with E-state index in [1.54, 1.807) is 0 Å². The van der Waals surface area contributed by atoms with Crippen LogP contribution in [-0.2, 0) is 6.42 Å². The third-order valence-electron chi connectivity index (χ3n) is 3.46. The van der Waals surface area contributed by atoms with Gasteiger partial charge in [-0.3, -0.25) is 0 Å². The zero-order valence-electron chi connectivity index (χ0n) is 14.2. The highest BCUT2D eigenvalue weighted by molar-refractivity contribution is 5.47. The van der Waals surface area contributed by atoms with Gasteiger partial charge in [-0.1, -0.05) is 46.5 Å². The van der Waals surface area contributed by atoms with Crippen molar-refractivity contribution < 1.29 is 0 Å². The monoisotopic (exact) mass is 292 g/mol. The zero-order chi connectivity index (χ0) is 15.5. The zero-order valence-corrected chi connectivity index (χ0v) is 14.2. The standard InChI is InChI=1S/C17H32N4/c1-5-15-20-16(18-6-2)13-17(21-15)19-12-10-8-7-9-11-14(3)4/h13-14H,5-12H2,1-4H3,(H2,18,19,20,21). The quantitative estimate of drug-likeness (QED) is 0.590. The van der Waals surface area contributed by atoms with E-state index < -0.39 is 0 Å². The molecule has 2 N–H and O–H groups in total. The highest BCUT2D eigenvalue weighted by Gasteiger charge is 2.02. The molecule has 0 fully saturated rings. The summed E-state index contributed by atoms with van der Waals surface area (Å²) >= 11 is 0. The number of unbranched alkanes of at least 4 members (excludes halogenated alkanes) is 3. The third-order valence-corrected chi connectivity index (χ3v) is 3.46. The first kappa shape index (κ1) is 17.7. The van der Waals surface area contributed by atoms with Crippen LogP contribution in [0.1, 0.15) is 65.6 Å². The molecule has 0 aromatic carbocycles. The van der Waals surface area contributed by atoms with Crippen molar-refractivity contribution in [1.82, 2.24) is 9.97 Å². The van der Waals surface area contributed by atoms with Gasteiger partial charge in [0.2, 0.25) is 0 Å². The molecule has 0 aliphatic rings. The fourth-order valence-corrected chi connectivity index (χ4v) is 2.27. The first-order chi connectivity index (χ1) is 10.2. The molecule has 4 heteroatoms. The van der Waals surface area contributed by atoms with E-state index in [4.69, 9.17) is 0 Å². The lowest BCUT2D eigenvalue weighted by molar-refractivity contribution is 0.523. The number of aryl methyl sites for hydroxylation is 1. The first-order valence-corrected chi connectivity index (χ1v) is 8.51. The summed E-state index contributed by atoms with van der Waals surface area (Å²) in [5.41, 5.74) is 0. The van der Waals surface area contributed by atoms with Crippen molar-refractivity contribution in [1.29, 1.82) is 0 Å². The summed E-state index contributed by atoms with van der Waals surface area (Å²) < 4.78 is 0. The molecule has 0 saturated heterocycles. The number of hydrogen-bond donors (Lipinski definition) is 2. The molecule has 0 spiro atoms. The Hall–Kier alpha value is -1.32. The molecule has 21 heavy (non-hydrogen) atoms. The molecule has 1 aromatic heterocycles. The predicted octanol–water partition coefficient (Wildman–Crippen LogP) is 4.49. The Morgan fingerprint density at radius 2 is 1.62 bits per heavy atom. The Labute approximate surface area is 130 Å². The van der Waals surface area contributed by atoms with E-state index >= 15 is 0 Å². The molecule has 1 heterocycles. The molecule has 120 valence electrons. The molecule has 0 amide bonds. The van der Waals surface area contributed by atoms with Crippen LogP contribution in [0.5, 0.6) is 0 Å². The Kier molecular flexibility index (Phi) is 8.79. The highest BCUT2D eigenvalue weighted by Crippen LogP contribution is 2.13. The van der Waals surface area contributed by atoms with Gasteiger partial charge in [0.1, 0.15) is 17.5 Å². The minimum absolute atomic E-state index is 0.834. The van der Waals surface area contributed by atoms with Crippen LogP contribution in [0.15, 0.2) is 6.07 Å². The summed E-state index contributed by atoms with van der Waals surface area (Å²) in [7, 11) is 0. The van der Waals surface area contributed by atoms with Crippen molar-refractivity contribution >= 4 is 11.6 Å². The summed E-state index contributed by atoms with van der Waals surface area (Å²) in [6.07, 6.45) is 7.42. The second kappa shape index (κ2) is 10.4. The van der Waals surface area contributed by atoms with E-state index in [-0.39, 0.29) is 0 Å². The van der Waals surface area contributed by atoms with Crippen LogP contribution >= 0.6 is 0 Å². The lowest BCUT2D eigenvalue weighted by atomic mass is 10.0. The van der Waals surface area contributed by atoms with Gasteiger partial charge in [-0.25, -0.2) is 9.97 Å².